The van der Waals surface area contributed by atoms with Crippen molar-refractivity contribution < 1.29 is 23.1 Å². The van der Waals surface area contributed by atoms with Crippen LogP contribution in [0.15, 0.2) is 0 Å². The summed E-state index contributed by atoms with van der Waals surface area (Å²) in [5, 5.41) is 9.02. The number of hydrogen-bond acceptors (Lipinski definition) is 4. The van der Waals surface area contributed by atoms with Gasteiger partial charge in [-0.2, -0.15) is 0 Å². The van der Waals surface area contributed by atoms with Crippen LogP contribution in [0.3, 0.4) is 0 Å². The summed E-state index contributed by atoms with van der Waals surface area (Å²) in [7, 11) is -1.99. The molecule has 3 unspecified atom stereocenters. The van der Waals surface area contributed by atoms with Crippen LogP contribution in [0, 0.1) is 11.8 Å². The van der Waals surface area contributed by atoms with Gasteiger partial charge < -0.3 is 9.84 Å². The summed E-state index contributed by atoms with van der Waals surface area (Å²) in [6.07, 6.45) is 0.136. The zero-order chi connectivity index (χ0) is 13.9. The summed E-state index contributed by atoms with van der Waals surface area (Å²) in [6, 6.07) is 0. The fraction of sp³-hybridized carbons (Fsp3) is 0.909. The molecule has 0 amide bonds. The maximum atomic E-state index is 12.1. The predicted octanol–water partition coefficient (Wildman–Crippen LogP) is 0.394. The molecule has 0 aromatic heterocycles. The van der Waals surface area contributed by atoms with Crippen LogP contribution in [0.25, 0.3) is 0 Å². The number of ether oxygens (including phenoxy) is 1. The molecule has 106 valence electrons. The van der Waals surface area contributed by atoms with Gasteiger partial charge in [0.15, 0.2) is 0 Å². The third-order valence-electron chi connectivity index (χ3n) is 3.22. The average molecular weight is 279 g/mol. The Labute approximate surface area is 108 Å². The number of nitrogens with zero attached hydrogens (tertiary/aromatic N) is 1. The normalized spacial score (nSPS) is 27.9. The lowest BCUT2D eigenvalue weighted by Gasteiger charge is -2.34. The molecule has 3 atom stereocenters. The van der Waals surface area contributed by atoms with Crippen LogP contribution in [0.5, 0.6) is 0 Å². The van der Waals surface area contributed by atoms with Gasteiger partial charge in [0, 0.05) is 20.2 Å². The van der Waals surface area contributed by atoms with E-state index in [-0.39, 0.29) is 18.2 Å². The summed E-state index contributed by atoms with van der Waals surface area (Å²) in [5.41, 5.74) is 0. The Morgan fingerprint density at radius 2 is 2.11 bits per heavy atom. The van der Waals surface area contributed by atoms with E-state index in [0.29, 0.717) is 13.0 Å². The van der Waals surface area contributed by atoms with E-state index >= 15 is 0 Å². The van der Waals surface area contributed by atoms with Crippen molar-refractivity contribution in [3.63, 3.8) is 0 Å². The lowest BCUT2D eigenvalue weighted by Crippen LogP contribution is -2.47. The van der Waals surface area contributed by atoms with Gasteiger partial charge in [-0.3, -0.25) is 4.79 Å². The van der Waals surface area contributed by atoms with Crippen LogP contribution in [-0.4, -0.2) is 55.9 Å². The molecule has 1 aliphatic heterocycles. The van der Waals surface area contributed by atoms with Crippen molar-refractivity contribution in [2.75, 3.05) is 26.0 Å². The maximum absolute atomic E-state index is 12.1. The number of methoxy groups -OCH3 is 1. The largest absolute Gasteiger partial charge is 0.481 e. The molecule has 0 saturated carbocycles. The highest BCUT2D eigenvalue weighted by Gasteiger charge is 2.35. The molecule has 0 spiro atoms. The fourth-order valence-corrected chi connectivity index (χ4v) is 4.01. The molecule has 1 heterocycles. The summed E-state index contributed by atoms with van der Waals surface area (Å²) >= 11 is 0. The van der Waals surface area contributed by atoms with Crippen LogP contribution in [0.2, 0.25) is 0 Å². The third kappa shape index (κ3) is 3.93. The molecule has 18 heavy (non-hydrogen) atoms. The first-order valence-corrected chi connectivity index (χ1v) is 7.60. The van der Waals surface area contributed by atoms with Crippen molar-refractivity contribution >= 4 is 16.0 Å². The molecular weight excluding hydrogens is 258 g/mol. The minimum Gasteiger partial charge on any atom is -0.481 e. The summed E-state index contributed by atoms with van der Waals surface area (Å²) < 4.78 is 30.5. The first kappa shape index (κ1) is 15.4. The van der Waals surface area contributed by atoms with Gasteiger partial charge in [-0.1, -0.05) is 6.92 Å². The molecule has 1 rings (SSSR count). The van der Waals surface area contributed by atoms with Gasteiger partial charge in [0.25, 0.3) is 0 Å². The van der Waals surface area contributed by atoms with Crippen LogP contribution in [0.4, 0.5) is 0 Å². The quantitative estimate of drug-likeness (QED) is 0.787. The second-order valence-electron chi connectivity index (χ2n) is 5.02. The van der Waals surface area contributed by atoms with Crippen LogP contribution >= 0.6 is 0 Å². The Bertz CT molecular complexity index is 394. The lowest BCUT2D eigenvalue weighted by atomic mass is 9.92. The van der Waals surface area contributed by atoms with Gasteiger partial charge >= 0.3 is 5.97 Å². The van der Waals surface area contributed by atoms with Gasteiger partial charge in [0.05, 0.1) is 17.8 Å². The van der Waals surface area contributed by atoms with Crippen LogP contribution in [0.1, 0.15) is 20.3 Å². The molecule has 0 aromatic rings. The second-order valence-corrected chi connectivity index (χ2v) is 7.03. The summed E-state index contributed by atoms with van der Waals surface area (Å²) in [5.74, 6) is -1.59. The number of aliphatic carboxylic acids is 1. The molecule has 1 fully saturated rings. The molecule has 7 heteroatoms. The molecule has 0 bridgehead atoms. The Morgan fingerprint density at radius 3 is 2.61 bits per heavy atom. The van der Waals surface area contributed by atoms with E-state index in [1.807, 2.05) is 6.92 Å². The van der Waals surface area contributed by atoms with Crippen molar-refractivity contribution in [2.24, 2.45) is 11.8 Å². The van der Waals surface area contributed by atoms with Crippen molar-refractivity contribution in [2.45, 2.75) is 26.4 Å². The van der Waals surface area contributed by atoms with Gasteiger partial charge in [-0.15, -0.1) is 0 Å². The molecular formula is C11H21NO5S. The van der Waals surface area contributed by atoms with Crippen molar-refractivity contribution in [3.8, 4) is 0 Å². The second kappa shape index (κ2) is 5.99. The Morgan fingerprint density at radius 1 is 1.50 bits per heavy atom. The standard InChI is InChI=1S/C11H21NO5S/c1-8-4-10(11(13)14)6-12(5-8)18(15,16)7-9(2)17-3/h8-10H,4-7H2,1-3H3,(H,13,14). The zero-order valence-corrected chi connectivity index (χ0v) is 11.8. The number of piperidine rings is 1. The van der Waals surface area contributed by atoms with E-state index < -0.39 is 28.0 Å². The highest BCUT2D eigenvalue weighted by atomic mass is 32.2. The number of carbonyl (C=O) groups is 1. The molecule has 0 aromatic carbocycles. The number of rotatable bonds is 5. The maximum Gasteiger partial charge on any atom is 0.307 e. The van der Waals surface area contributed by atoms with E-state index in [1.165, 1.54) is 11.4 Å². The fourth-order valence-electron chi connectivity index (χ4n) is 2.18. The van der Waals surface area contributed by atoms with Crippen LogP contribution in [-0.2, 0) is 19.6 Å². The zero-order valence-electron chi connectivity index (χ0n) is 11.0. The predicted molar refractivity (Wildman–Crippen MR) is 66.7 cm³/mol. The van der Waals surface area contributed by atoms with E-state index in [2.05, 4.69) is 0 Å². The topological polar surface area (TPSA) is 83.9 Å². The lowest BCUT2D eigenvalue weighted by molar-refractivity contribution is -0.143. The molecule has 6 nitrogen and oxygen atoms in total. The van der Waals surface area contributed by atoms with E-state index in [1.54, 1.807) is 6.92 Å². The number of sulfonamides is 1. The van der Waals surface area contributed by atoms with Gasteiger partial charge in [0.2, 0.25) is 10.0 Å². The molecule has 0 aliphatic carbocycles. The smallest absolute Gasteiger partial charge is 0.307 e. The Hall–Kier alpha value is -0.660. The van der Waals surface area contributed by atoms with Crippen molar-refractivity contribution in [1.29, 1.82) is 0 Å². The SMILES string of the molecule is COC(C)CS(=O)(=O)N1CC(C)CC(C(=O)O)C1. The minimum absolute atomic E-state index is 0.0625. The Balaban J connectivity index is 2.78. The van der Waals surface area contributed by atoms with E-state index in [4.69, 9.17) is 9.84 Å². The van der Waals surface area contributed by atoms with E-state index in [0.717, 1.165) is 0 Å². The average Bonchev–Trinajstić information content (AvgIpc) is 2.27. The van der Waals surface area contributed by atoms with Gasteiger partial charge in [0.1, 0.15) is 0 Å². The Kier molecular flexibility index (Phi) is 5.12. The third-order valence-corrected chi connectivity index (χ3v) is 5.19. The number of carboxylic acid groups (broad SMARTS) is 1. The monoisotopic (exact) mass is 279 g/mol. The summed E-state index contributed by atoms with van der Waals surface area (Å²) in [4.78, 5) is 11.0. The molecule has 1 saturated heterocycles. The first-order valence-electron chi connectivity index (χ1n) is 5.99. The highest BCUT2D eigenvalue weighted by Crippen LogP contribution is 2.24. The van der Waals surface area contributed by atoms with Gasteiger partial charge in [-0.25, -0.2) is 12.7 Å². The summed E-state index contributed by atoms with van der Waals surface area (Å²) in [6.45, 7) is 4.01. The molecule has 1 N–H and O–H groups in total. The van der Waals surface area contributed by atoms with Crippen molar-refractivity contribution in [3.05, 3.63) is 0 Å². The number of hydrogen-bond donors (Lipinski definition) is 1. The molecule has 1 aliphatic rings. The highest BCUT2D eigenvalue weighted by molar-refractivity contribution is 7.89. The minimum atomic E-state index is -3.45. The van der Waals surface area contributed by atoms with Crippen molar-refractivity contribution in [1.82, 2.24) is 4.31 Å². The van der Waals surface area contributed by atoms with Crippen LogP contribution < -0.4 is 0 Å². The van der Waals surface area contributed by atoms with E-state index in [9.17, 15) is 13.2 Å². The molecule has 0 radical (unpaired) electrons. The van der Waals surface area contributed by atoms with Gasteiger partial charge in [-0.05, 0) is 19.3 Å². The first-order chi connectivity index (χ1) is 8.26. The number of carboxylic acids is 1.